The van der Waals surface area contributed by atoms with Gasteiger partial charge in [0, 0.05) is 24.0 Å². The number of carbonyl (C=O) groups is 1. The maximum Gasteiger partial charge on any atom is 0.275 e. The fourth-order valence-corrected chi connectivity index (χ4v) is 2.51. The van der Waals surface area contributed by atoms with Gasteiger partial charge in [-0.05, 0) is 37.1 Å². The van der Waals surface area contributed by atoms with E-state index in [4.69, 9.17) is 0 Å². The van der Waals surface area contributed by atoms with Crippen molar-refractivity contribution in [1.82, 2.24) is 0 Å². The van der Waals surface area contributed by atoms with Crippen molar-refractivity contribution in [3.63, 3.8) is 0 Å². The van der Waals surface area contributed by atoms with E-state index in [1.807, 2.05) is 0 Å². The number of aryl methyl sites for hydroxylation is 2. The number of ketones is 1. The summed E-state index contributed by atoms with van der Waals surface area (Å²) in [6.07, 6.45) is 0.0603. The van der Waals surface area contributed by atoms with Crippen LogP contribution in [0.5, 0.6) is 0 Å². The van der Waals surface area contributed by atoms with Crippen LogP contribution in [0.1, 0.15) is 24.0 Å². The third-order valence-corrected chi connectivity index (χ3v) is 3.83. The van der Waals surface area contributed by atoms with E-state index in [1.165, 1.54) is 12.1 Å². The van der Waals surface area contributed by atoms with Gasteiger partial charge in [-0.3, -0.25) is 25.0 Å². The Kier molecular flexibility index (Phi) is 6.05. The predicted octanol–water partition coefficient (Wildman–Crippen LogP) is 3.92. The molecule has 0 unspecified atom stereocenters. The average Bonchev–Trinajstić information content (AvgIpc) is 2.59. The molecule has 136 valence electrons. The Hall–Kier alpha value is -3.23. The smallest absolute Gasteiger partial charge is 0.275 e. The molecule has 0 amide bonds. The lowest BCUT2D eigenvalue weighted by molar-refractivity contribution is -0.385. The zero-order valence-corrected chi connectivity index (χ0v) is 13.5. The Morgan fingerprint density at radius 1 is 0.808 bits per heavy atom. The van der Waals surface area contributed by atoms with Crippen molar-refractivity contribution in [1.29, 1.82) is 0 Å². The minimum absolute atomic E-state index is 0.0263. The van der Waals surface area contributed by atoms with E-state index in [-0.39, 0.29) is 42.6 Å². The summed E-state index contributed by atoms with van der Waals surface area (Å²) in [5.74, 6) is -1.74. The first-order valence-corrected chi connectivity index (χ1v) is 7.65. The molecule has 0 spiro atoms. The summed E-state index contributed by atoms with van der Waals surface area (Å²) >= 11 is 0. The van der Waals surface area contributed by atoms with Crippen LogP contribution in [0.25, 0.3) is 0 Å². The van der Waals surface area contributed by atoms with Gasteiger partial charge in [0.25, 0.3) is 11.4 Å². The molecule has 0 aliphatic carbocycles. The monoisotopic (exact) mass is 364 g/mol. The van der Waals surface area contributed by atoms with E-state index in [1.54, 1.807) is 0 Å². The molecule has 0 aliphatic rings. The average molecular weight is 364 g/mol. The van der Waals surface area contributed by atoms with Crippen LogP contribution in [0.4, 0.5) is 20.2 Å². The van der Waals surface area contributed by atoms with Gasteiger partial charge in [0.1, 0.15) is 17.4 Å². The number of rotatable bonds is 8. The summed E-state index contributed by atoms with van der Waals surface area (Å²) in [4.78, 5) is 32.4. The fraction of sp³-hybridized carbons (Fsp3) is 0.235. The number of Topliss-reactive ketones (excluding diaryl/α,β-unsaturated/α-hetero) is 1. The number of nitrogens with zero attached hydrogens (tertiary/aromatic N) is 2. The summed E-state index contributed by atoms with van der Waals surface area (Å²) in [6.45, 7) is 0. The normalized spacial score (nSPS) is 10.5. The summed E-state index contributed by atoms with van der Waals surface area (Å²) in [5.41, 5.74) is -0.325. The van der Waals surface area contributed by atoms with E-state index < -0.39 is 32.9 Å². The van der Waals surface area contributed by atoms with Gasteiger partial charge in [-0.1, -0.05) is 0 Å². The fourth-order valence-electron chi connectivity index (χ4n) is 2.51. The number of hydrogen-bond donors (Lipinski definition) is 0. The molecule has 0 fully saturated rings. The summed E-state index contributed by atoms with van der Waals surface area (Å²) in [5, 5.41) is 21.8. The highest BCUT2D eigenvalue weighted by atomic mass is 19.1. The van der Waals surface area contributed by atoms with Crippen LogP contribution in [-0.4, -0.2) is 15.6 Å². The minimum atomic E-state index is -0.740. The zero-order valence-electron chi connectivity index (χ0n) is 13.5. The highest BCUT2D eigenvalue weighted by molar-refractivity contribution is 5.79. The molecule has 0 heterocycles. The van der Waals surface area contributed by atoms with E-state index in [0.29, 0.717) is 0 Å². The van der Waals surface area contributed by atoms with E-state index in [9.17, 15) is 33.8 Å². The van der Waals surface area contributed by atoms with Crippen LogP contribution in [-0.2, 0) is 17.6 Å². The summed E-state index contributed by atoms with van der Waals surface area (Å²) < 4.78 is 26.2. The van der Waals surface area contributed by atoms with Gasteiger partial charge in [-0.15, -0.1) is 0 Å². The Bertz CT molecular complexity index is 801. The van der Waals surface area contributed by atoms with Crippen LogP contribution in [0.3, 0.4) is 0 Å². The third kappa shape index (κ3) is 4.88. The summed E-state index contributed by atoms with van der Waals surface area (Å²) in [6, 6.07) is 6.25. The Balaban J connectivity index is 1.99. The Labute approximate surface area is 146 Å². The molecule has 0 bridgehead atoms. The second-order valence-corrected chi connectivity index (χ2v) is 5.60. The predicted molar refractivity (Wildman–Crippen MR) is 87.8 cm³/mol. The van der Waals surface area contributed by atoms with Crippen molar-refractivity contribution < 1.29 is 23.4 Å². The molecule has 7 nitrogen and oxygen atoms in total. The maximum atomic E-state index is 13.1. The molecule has 0 N–H and O–H groups in total. The van der Waals surface area contributed by atoms with Crippen LogP contribution < -0.4 is 0 Å². The molecule has 0 aliphatic heterocycles. The van der Waals surface area contributed by atoms with Crippen LogP contribution in [0.15, 0.2) is 36.4 Å². The first-order chi connectivity index (χ1) is 12.3. The number of nitro groups is 2. The molecule has 2 aromatic carbocycles. The highest BCUT2D eigenvalue weighted by Crippen LogP contribution is 2.23. The number of hydrogen-bond acceptors (Lipinski definition) is 5. The number of halogens is 2. The standard InChI is InChI=1S/C17H14F2N2O5/c18-13-5-1-11(16(9-13)20(23)24)3-7-15(22)8-4-12-2-6-14(19)10-17(12)21(25)26/h1-2,5-6,9-10H,3-4,7-8H2. The van der Waals surface area contributed by atoms with Gasteiger partial charge in [0.2, 0.25) is 0 Å². The number of nitro benzene ring substituents is 2. The first-order valence-electron chi connectivity index (χ1n) is 7.65. The highest BCUT2D eigenvalue weighted by Gasteiger charge is 2.18. The molecule has 0 aromatic heterocycles. The van der Waals surface area contributed by atoms with Gasteiger partial charge < -0.3 is 0 Å². The Morgan fingerprint density at radius 2 is 1.19 bits per heavy atom. The second-order valence-electron chi connectivity index (χ2n) is 5.60. The quantitative estimate of drug-likeness (QED) is 0.522. The molecule has 0 radical (unpaired) electrons. The van der Waals surface area contributed by atoms with Crippen molar-refractivity contribution in [3.8, 4) is 0 Å². The van der Waals surface area contributed by atoms with Gasteiger partial charge in [-0.2, -0.15) is 0 Å². The van der Waals surface area contributed by atoms with Gasteiger partial charge >= 0.3 is 0 Å². The molecule has 9 heteroatoms. The largest absolute Gasteiger partial charge is 0.300 e. The topological polar surface area (TPSA) is 103 Å². The lowest BCUT2D eigenvalue weighted by Gasteiger charge is -2.05. The van der Waals surface area contributed by atoms with Crippen molar-refractivity contribution in [2.75, 3.05) is 0 Å². The molecule has 0 saturated carbocycles. The molecular formula is C17H14F2N2O5. The molecule has 0 saturated heterocycles. The number of benzene rings is 2. The van der Waals surface area contributed by atoms with Crippen LogP contribution >= 0.6 is 0 Å². The molecule has 26 heavy (non-hydrogen) atoms. The maximum absolute atomic E-state index is 13.1. The van der Waals surface area contributed by atoms with Gasteiger partial charge in [-0.25, -0.2) is 8.78 Å². The van der Waals surface area contributed by atoms with E-state index >= 15 is 0 Å². The molecular weight excluding hydrogens is 350 g/mol. The zero-order chi connectivity index (χ0) is 19.3. The van der Waals surface area contributed by atoms with Gasteiger partial charge in [0.05, 0.1) is 22.0 Å². The van der Waals surface area contributed by atoms with Crippen molar-refractivity contribution in [2.24, 2.45) is 0 Å². The van der Waals surface area contributed by atoms with Gasteiger partial charge in [0.15, 0.2) is 0 Å². The minimum Gasteiger partial charge on any atom is -0.300 e. The van der Waals surface area contributed by atoms with Crippen LogP contribution in [0.2, 0.25) is 0 Å². The van der Waals surface area contributed by atoms with Crippen molar-refractivity contribution in [2.45, 2.75) is 25.7 Å². The first kappa shape index (κ1) is 19.1. The summed E-state index contributed by atoms with van der Waals surface area (Å²) in [7, 11) is 0. The lowest BCUT2D eigenvalue weighted by atomic mass is 10.0. The SMILES string of the molecule is O=C(CCc1ccc(F)cc1[N+](=O)[O-])CCc1ccc(F)cc1[N+](=O)[O-]. The molecule has 2 rings (SSSR count). The molecule has 0 atom stereocenters. The van der Waals surface area contributed by atoms with Crippen molar-refractivity contribution in [3.05, 3.63) is 79.4 Å². The second kappa shape index (κ2) is 8.24. The van der Waals surface area contributed by atoms with E-state index in [0.717, 1.165) is 24.3 Å². The Morgan fingerprint density at radius 3 is 1.54 bits per heavy atom. The van der Waals surface area contributed by atoms with Crippen LogP contribution in [0, 0.1) is 31.9 Å². The lowest BCUT2D eigenvalue weighted by Crippen LogP contribution is -2.05. The van der Waals surface area contributed by atoms with Crippen molar-refractivity contribution >= 4 is 17.2 Å². The third-order valence-electron chi connectivity index (χ3n) is 3.83. The van der Waals surface area contributed by atoms with E-state index in [2.05, 4.69) is 0 Å². The number of carbonyl (C=O) groups excluding carboxylic acids is 1. The molecule has 2 aromatic rings.